The molecule has 0 rings (SSSR count). The lowest BCUT2D eigenvalue weighted by Gasteiger charge is -2.39. The van der Waals surface area contributed by atoms with Gasteiger partial charge >= 0.3 is 5.97 Å². The Morgan fingerprint density at radius 2 is 1.87 bits per heavy atom. The number of aliphatic carboxylic acids is 1. The molecule has 0 amide bonds. The summed E-state index contributed by atoms with van der Waals surface area (Å²) in [5.41, 5.74) is -0.215. The number of carbonyl (C=O) groups is 1. The van der Waals surface area contributed by atoms with Crippen LogP contribution in [0.2, 0.25) is 0 Å². The molecule has 0 aliphatic heterocycles. The molecule has 0 bridgehead atoms. The molecule has 15 heavy (non-hydrogen) atoms. The van der Waals surface area contributed by atoms with Gasteiger partial charge in [0.05, 0.1) is 5.41 Å². The Morgan fingerprint density at radius 3 is 2.20 bits per heavy atom. The van der Waals surface area contributed by atoms with Gasteiger partial charge in [-0.15, -0.1) is 0 Å². The van der Waals surface area contributed by atoms with Crippen LogP contribution in [-0.2, 0) is 4.79 Å². The minimum Gasteiger partial charge on any atom is -0.481 e. The van der Waals surface area contributed by atoms with E-state index in [1.807, 2.05) is 13.8 Å². The fraction of sp³-hybridized carbons (Fsp3) is 0.700. The van der Waals surface area contributed by atoms with Crippen molar-refractivity contribution in [3.05, 3.63) is 10.6 Å². The van der Waals surface area contributed by atoms with Crippen molar-refractivity contribution in [2.45, 2.75) is 33.2 Å². The van der Waals surface area contributed by atoms with Crippen molar-refractivity contribution < 1.29 is 9.90 Å². The fourth-order valence-electron chi connectivity index (χ4n) is 0.832. The summed E-state index contributed by atoms with van der Waals surface area (Å²) in [7, 11) is 0. The molecule has 88 valence electrons. The quantitative estimate of drug-likeness (QED) is 0.793. The third-order valence-electron chi connectivity index (χ3n) is 2.91. The zero-order valence-electron chi connectivity index (χ0n) is 9.40. The fourth-order valence-corrected chi connectivity index (χ4v) is 0.976. The number of rotatable bonds is 5. The van der Waals surface area contributed by atoms with Crippen LogP contribution in [0.4, 0.5) is 0 Å². The number of carboxylic acid groups (broad SMARTS) is 1. The van der Waals surface area contributed by atoms with Gasteiger partial charge in [0.2, 0.25) is 0 Å². The van der Waals surface area contributed by atoms with Crippen LogP contribution in [0.15, 0.2) is 10.6 Å². The van der Waals surface area contributed by atoms with E-state index in [1.165, 1.54) is 5.54 Å². The van der Waals surface area contributed by atoms with Gasteiger partial charge in [-0.25, -0.2) is 0 Å². The maximum absolute atomic E-state index is 11.1. The number of hydrogen-bond acceptors (Lipinski definition) is 2. The number of halogens is 2. The normalized spacial score (nSPS) is 14.1. The standard InChI is InChI=1S/C10H17Cl2NO2/c1-9(2,8(14)15)10(3,4)13-6-7(12)5-11/h5,13H,6H2,1-4H3,(H,14,15). The number of nitrogens with one attached hydrogen (secondary N) is 1. The second-order valence-corrected chi connectivity index (χ2v) is 5.17. The van der Waals surface area contributed by atoms with Gasteiger partial charge < -0.3 is 10.4 Å². The second-order valence-electron chi connectivity index (χ2n) is 4.46. The lowest BCUT2D eigenvalue weighted by molar-refractivity contribution is -0.151. The van der Waals surface area contributed by atoms with Crippen LogP contribution in [0.3, 0.4) is 0 Å². The maximum atomic E-state index is 11.1. The van der Waals surface area contributed by atoms with Crippen LogP contribution in [0, 0.1) is 5.41 Å². The predicted octanol–water partition coefficient (Wildman–Crippen LogP) is 2.78. The summed E-state index contributed by atoms with van der Waals surface area (Å²) >= 11 is 11.1. The second kappa shape index (κ2) is 5.19. The molecule has 0 aromatic carbocycles. The first kappa shape index (κ1) is 14.8. The monoisotopic (exact) mass is 253 g/mol. The van der Waals surface area contributed by atoms with Crippen LogP contribution >= 0.6 is 23.2 Å². The zero-order chi connectivity index (χ0) is 12.3. The maximum Gasteiger partial charge on any atom is 0.310 e. The van der Waals surface area contributed by atoms with Crippen molar-refractivity contribution >= 4 is 29.2 Å². The summed E-state index contributed by atoms with van der Waals surface area (Å²) in [6.07, 6.45) is 0. The van der Waals surface area contributed by atoms with E-state index in [0.29, 0.717) is 11.6 Å². The average molecular weight is 254 g/mol. The van der Waals surface area contributed by atoms with Crippen molar-refractivity contribution in [1.29, 1.82) is 0 Å². The molecular weight excluding hydrogens is 237 g/mol. The Morgan fingerprint density at radius 1 is 1.40 bits per heavy atom. The lowest BCUT2D eigenvalue weighted by atomic mass is 9.74. The summed E-state index contributed by atoms with van der Waals surface area (Å²) < 4.78 is 0. The molecule has 0 heterocycles. The Bertz CT molecular complexity index is 273. The molecule has 0 aromatic rings. The molecule has 5 heteroatoms. The van der Waals surface area contributed by atoms with E-state index in [2.05, 4.69) is 5.32 Å². The average Bonchev–Trinajstić information content (AvgIpc) is 2.13. The molecule has 3 nitrogen and oxygen atoms in total. The van der Waals surface area contributed by atoms with Crippen LogP contribution in [0.25, 0.3) is 0 Å². The van der Waals surface area contributed by atoms with Gasteiger partial charge in [0, 0.05) is 22.7 Å². The first-order valence-electron chi connectivity index (χ1n) is 4.58. The van der Waals surface area contributed by atoms with Gasteiger partial charge in [0.25, 0.3) is 0 Å². The first-order valence-corrected chi connectivity index (χ1v) is 5.40. The molecule has 0 saturated carbocycles. The SMILES string of the molecule is CC(C)(NCC(Cl)=CCl)C(C)(C)C(=O)O. The van der Waals surface area contributed by atoms with Crippen LogP contribution in [0.1, 0.15) is 27.7 Å². The van der Waals surface area contributed by atoms with Crippen molar-refractivity contribution in [2.24, 2.45) is 5.41 Å². The van der Waals surface area contributed by atoms with Crippen molar-refractivity contribution in [2.75, 3.05) is 6.54 Å². The molecule has 0 radical (unpaired) electrons. The summed E-state index contributed by atoms with van der Waals surface area (Å²) in [6, 6.07) is 0. The van der Waals surface area contributed by atoms with Gasteiger partial charge in [0.1, 0.15) is 0 Å². The van der Waals surface area contributed by atoms with Gasteiger partial charge in [-0.05, 0) is 27.7 Å². The molecular formula is C10H17Cl2NO2. The molecule has 0 aliphatic rings. The molecule has 0 aliphatic carbocycles. The molecule has 0 fully saturated rings. The Kier molecular flexibility index (Phi) is 5.10. The number of hydrogen-bond donors (Lipinski definition) is 2. The zero-order valence-corrected chi connectivity index (χ0v) is 10.9. The van der Waals surface area contributed by atoms with Gasteiger partial charge in [-0.2, -0.15) is 0 Å². The van der Waals surface area contributed by atoms with Gasteiger partial charge in [-0.1, -0.05) is 23.2 Å². The Hall–Kier alpha value is -0.250. The van der Waals surface area contributed by atoms with E-state index in [9.17, 15) is 4.79 Å². The number of carboxylic acids is 1. The Balaban J connectivity index is 4.62. The van der Waals surface area contributed by atoms with Gasteiger partial charge in [0.15, 0.2) is 0 Å². The highest BCUT2D eigenvalue weighted by atomic mass is 35.5. The molecule has 0 saturated heterocycles. The van der Waals surface area contributed by atoms with E-state index in [4.69, 9.17) is 28.3 Å². The van der Waals surface area contributed by atoms with Crippen LogP contribution in [0.5, 0.6) is 0 Å². The summed E-state index contributed by atoms with van der Waals surface area (Å²) in [5.74, 6) is -0.856. The molecule has 0 unspecified atom stereocenters. The van der Waals surface area contributed by atoms with Crippen molar-refractivity contribution in [3.8, 4) is 0 Å². The Labute approximate surface area is 100 Å². The topological polar surface area (TPSA) is 49.3 Å². The molecule has 0 atom stereocenters. The van der Waals surface area contributed by atoms with Crippen LogP contribution < -0.4 is 5.32 Å². The van der Waals surface area contributed by atoms with E-state index in [1.54, 1.807) is 13.8 Å². The summed E-state index contributed by atoms with van der Waals surface area (Å²) in [6.45, 7) is 7.33. The van der Waals surface area contributed by atoms with Crippen molar-refractivity contribution in [3.63, 3.8) is 0 Å². The van der Waals surface area contributed by atoms with E-state index in [-0.39, 0.29) is 0 Å². The van der Waals surface area contributed by atoms with E-state index in [0.717, 1.165) is 0 Å². The third-order valence-corrected chi connectivity index (χ3v) is 3.53. The highest BCUT2D eigenvalue weighted by Crippen LogP contribution is 2.30. The molecule has 2 N–H and O–H groups in total. The first-order chi connectivity index (χ1) is 6.65. The van der Waals surface area contributed by atoms with Crippen LogP contribution in [-0.4, -0.2) is 23.2 Å². The smallest absolute Gasteiger partial charge is 0.310 e. The minimum absolute atomic E-state index is 0.356. The minimum atomic E-state index is -0.892. The van der Waals surface area contributed by atoms with E-state index >= 15 is 0 Å². The largest absolute Gasteiger partial charge is 0.481 e. The highest BCUT2D eigenvalue weighted by molar-refractivity contribution is 6.36. The third kappa shape index (κ3) is 3.67. The summed E-state index contributed by atoms with van der Waals surface area (Å²) in [5, 5.41) is 12.6. The highest BCUT2D eigenvalue weighted by Gasteiger charge is 2.42. The summed E-state index contributed by atoms with van der Waals surface area (Å²) in [4.78, 5) is 11.1. The predicted molar refractivity (Wildman–Crippen MR) is 63.3 cm³/mol. The molecule has 0 spiro atoms. The molecule has 0 aromatic heterocycles. The van der Waals surface area contributed by atoms with Crippen molar-refractivity contribution in [1.82, 2.24) is 5.32 Å². The lowest BCUT2D eigenvalue weighted by Crippen LogP contribution is -2.55. The van der Waals surface area contributed by atoms with E-state index < -0.39 is 16.9 Å². The van der Waals surface area contributed by atoms with Gasteiger partial charge in [-0.3, -0.25) is 4.79 Å².